The average Bonchev–Trinajstić information content (AvgIpc) is 2.83. The predicted molar refractivity (Wildman–Crippen MR) is 71.1 cm³/mol. The van der Waals surface area contributed by atoms with Gasteiger partial charge in [0.15, 0.2) is 0 Å². The van der Waals surface area contributed by atoms with Crippen LogP contribution in [-0.4, -0.2) is 22.0 Å². The second-order valence-electron chi connectivity index (χ2n) is 4.87. The second-order valence-corrected chi connectivity index (χ2v) is 5.22. The van der Waals surface area contributed by atoms with Crippen LogP contribution in [0.15, 0.2) is 12.3 Å². The molecule has 2 N–H and O–H groups in total. The van der Waals surface area contributed by atoms with E-state index in [1.807, 2.05) is 0 Å². The molecule has 0 spiro atoms. The van der Waals surface area contributed by atoms with Crippen LogP contribution in [0.25, 0.3) is 0 Å². The van der Waals surface area contributed by atoms with Crippen molar-refractivity contribution in [3.8, 4) is 0 Å². The van der Waals surface area contributed by atoms with E-state index in [0.717, 1.165) is 5.56 Å². The molecule has 0 unspecified atom stereocenters. The van der Waals surface area contributed by atoms with Crippen molar-refractivity contribution in [3.05, 3.63) is 23.0 Å². The number of rotatable bonds is 3. The Balaban J connectivity index is 1.98. The third kappa shape index (κ3) is 3.23. The van der Waals surface area contributed by atoms with Crippen LogP contribution in [0, 0.1) is 18.8 Å². The molecule has 1 aromatic rings. The van der Waals surface area contributed by atoms with E-state index < -0.39 is 11.9 Å². The van der Waals surface area contributed by atoms with Crippen LogP contribution in [0.5, 0.6) is 0 Å². The van der Waals surface area contributed by atoms with Gasteiger partial charge in [-0.25, -0.2) is 4.98 Å². The van der Waals surface area contributed by atoms with Crippen molar-refractivity contribution in [2.75, 3.05) is 5.32 Å². The van der Waals surface area contributed by atoms with Crippen LogP contribution < -0.4 is 5.32 Å². The Kier molecular flexibility index (Phi) is 4.04. The highest BCUT2D eigenvalue weighted by Crippen LogP contribution is 2.32. The number of halogens is 1. The summed E-state index contributed by atoms with van der Waals surface area (Å²) in [4.78, 5) is 26.8. The lowest BCUT2D eigenvalue weighted by Gasteiger charge is -2.11. The first-order valence-corrected chi connectivity index (χ1v) is 6.51. The number of carbonyl (C=O) groups excluding carboxylic acids is 1. The number of nitrogens with zero attached hydrogens (tertiary/aromatic N) is 1. The molecule has 1 amide bonds. The number of amides is 1. The number of nitrogens with one attached hydrogen (secondary N) is 1. The van der Waals surface area contributed by atoms with Crippen LogP contribution in [0.1, 0.15) is 24.8 Å². The molecule has 1 fully saturated rings. The van der Waals surface area contributed by atoms with Crippen molar-refractivity contribution in [1.29, 1.82) is 0 Å². The number of hydrogen-bond acceptors (Lipinski definition) is 3. The molecule has 1 aromatic heterocycles. The lowest BCUT2D eigenvalue weighted by Crippen LogP contribution is -2.21. The van der Waals surface area contributed by atoms with Crippen molar-refractivity contribution < 1.29 is 14.7 Å². The van der Waals surface area contributed by atoms with Gasteiger partial charge in [0.1, 0.15) is 5.15 Å². The Morgan fingerprint density at radius 2 is 2.11 bits per heavy atom. The van der Waals surface area contributed by atoms with Crippen LogP contribution in [0.2, 0.25) is 5.15 Å². The lowest BCUT2D eigenvalue weighted by molar-refractivity contribution is -0.141. The molecule has 0 aliphatic heterocycles. The normalized spacial score (nSPS) is 22.2. The fourth-order valence-corrected chi connectivity index (χ4v) is 2.42. The van der Waals surface area contributed by atoms with Gasteiger partial charge < -0.3 is 10.4 Å². The summed E-state index contributed by atoms with van der Waals surface area (Å²) in [6.45, 7) is 1.81. The maximum atomic E-state index is 12.0. The highest BCUT2D eigenvalue weighted by Gasteiger charge is 2.33. The summed E-state index contributed by atoms with van der Waals surface area (Å²) in [6, 6.07) is 1.75. The van der Waals surface area contributed by atoms with E-state index in [2.05, 4.69) is 10.3 Å². The molecule has 1 heterocycles. The molecule has 1 aliphatic carbocycles. The minimum atomic E-state index is -0.820. The molecule has 102 valence electrons. The van der Waals surface area contributed by atoms with Gasteiger partial charge in [0.05, 0.1) is 17.8 Å². The maximum Gasteiger partial charge on any atom is 0.306 e. The van der Waals surface area contributed by atoms with Crippen LogP contribution >= 0.6 is 11.6 Å². The zero-order chi connectivity index (χ0) is 14.0. The Hall–Kier alpha value is -1.62. The minimum absolute atomic E-state index is 0.146. The summed E-state index contributed by atoms with van der Waals surface area (Å²) >= 11 is 5.81. The maximum absolute atomic E-state index is 12.0. The van der Waals surface area contributed by atoms with Crippen molar-refractivity contribution in [2.24, 2.45) is 11.8 Å². The number of pyridine rings is 1. The van der Waals surface area contributed by atoms with Gasteiger partial charge in [-0.2, -0.15) is 0 Å². The molecule has 0 radical (unpaired) electrons. The number of aliphatic carboxylic acids is 1. The predicted octanol–water partition coefficient (Wildman–Crippen LogP) is 2.48. The number of carboxylic acids is 1. The highest BCUT2D eigenvalue weighted by atomic mass is 35.5. The Morgan fingerprint density at radius 3 is 2.68 bits per heavy atom. The van der Waals surface area contributed by atoms with Crippen molar-refractivity contribution >= 4 is 29.2 Å². The van der Waals surface area contributed by atoms with Gasteiger partial charge in [-0.05, 0) is 37.8 Å². The van der Waals surface area contributed by atoms with E-state index in [0.29, 0.717) is 30.1 Å². The summed E-state index contributed by atoms with van der Waals surface area (Å²) in [5, 5.41) is 12.1. The van der Waals surface area contributed by atoms with E-state index in [9.17, 15) is 9.59 Å². The number of carbonyl (C=O) groups is 2. The molecular formula is C13H15ClN2O3. The van der Waals surface area contributed by atoms with E-state index in [4.69, 9.17) is 16.7 Å². The molecule has 2 rings (SSSR count). The molecule has 6 heteroatoms. The first kappa shape index (κ1) is 13.8. The summed E-state index contributed by atoms with van der Waals surface area (Å²) < 4.78 is 0. The first-order chi connectivity index (χ1) is 8.97. The van der Waals surface area contributed by atoms with Gasteiger partial charge >= 0.3 is 5.97 Å². The van der Waals surface area contributed by atoms with Crippen LogP contribution in [-0.2, 0) is 9.59 Å². The Bertz CT molecular complexity index is 519. The standard InChI is InChI=1S/C13H15ClN2O3/c1-7-4-10(6-15-11(7)14)16-12(17)8-2-3-9(5-8)13(18)19/h4,6,8-9H,2-3,5H2,1H3,(H,16,17)(H,18,19)/t8-,9+/m1/s1. The molecule has 19 heavy (non-hydrogen) atoms. The smallest absolute Gasteiger partial charge is 0.306 e. The minimum Gasteiger partial charge on any atom is -0.481 e. The molecule has 2 atom stereocenters. The zero-order valence-corrected chi connectivity index (χ0v) is 11.3. The first-order valence-electron chi connectivity index (χ1n) is 6.13. The molecule has 0 aromatic carbocycles. The summed E-state index contributed by atoms with van der Waals surface area (Å²) in [7, 11) is 0. The number of aryl methyl sites for hydroxylation is 1. The zero-order valence-electron chi connectivity index (χ0n) is 10.5. The van der Waals surface area contributed by atoms with Gasteiger partial charge in [-0.15, -0.1) is 0 Å². The number of hydrogen-bond donors (Lipinski definition) is 2. The number of anilines is 1. The Labute approximate surface area is 116 Å². The molecule has 1 aliphatic rings. The second kappa shape index (κ2) is 5.57. The third-order valence-electron chi connectivity index (χ3n) is 3.43. The Morgan fingerprint density at radius 1 is 1.42 bits per heavy atom. The van der Waals surface area contributed by atoms with Crippen LogP contribution in [0.3, 0.4) is 0 Å². The SMILES string of the molecule is Cc1cc(NC(=O)[C@@H]2CC[C@H](C(=O)O)C2)cnc1Cl. The summed E-state index contributed by atoms with van der Waals surface area (Å²) in [5.74, 6) is -1.61. The van der Waals surface area contributed by atoms with Gasteiger partial charge in [0, 0.05) is 5.92 Å². The number of carboxylic acid groups (broad SMARTS) is 1. The molecule has 1 saturated carbocycles. The van der Waals surface area contributed by atoms with E-state index >= 15 is 0 Å². The third-order valence-corrected chi connectivity index (χ3v) is 3.83. The van der Waals surface area contributed by atoms with E-state index in [1.165, 1.54) is 6.20 Å². The monoisotopic (exact) mass is 282 g/mol. The van der Waals surface area contributed by atoms with Gasteiger partial charge in [0.2, 0.25) is 5.91 Å². The van der Waals surface area contributed by atoms with Crippen LogP contribution in [0.4, 0.5) is 5.69 Å². The fraction of sp³-hybridized carbons (Fsp3) is 0.462. The summed E-state index contributed by atoms with van der Waals surface area (Å²) in [6.07, 6.45) is 3.08. The quantitative estimate of drug-likeness (QED) is 0.835. The molecule has 5 nitrogen and oxygen atoms in total. The van der Waals surface area contributed by atoms with Crippen molar-refractivity contribution in [3.63, 3.8) is 0 Å². The number of aromatic nitrogens is 1. The van der Waals surface area contributed by atoms with Crippen molar-refractivity contribution in [2.45, 2.75) is 26.2 Å². The molecule has 0 saturated heterocycles. The summed E-state index contributed by atoms with van der Waals surface area (Å²) in [5.41, 5.74) is 1.37. The molecule has 0 bridgehead atoms. The van der Waals surface area contributed by atoms with E-state index in [1.54, 1.807) is 13.0 Å². The van der Waals surface area contributed by atoms with Crippen molar-refractivity contribution in [1.82, 2.24) is 4.98 Å². The van der Waals surface area contributed by atoms with Gasteiger partial charge in [-0.1, -0.05) is 11.6 Å². The average molecular weight is 283 g/mol. The molecular weight excluding hydrogens is 268 g/mol. The topological polar surface area (TPSA) is 79.3 Å². The van der Waals surface area contributed by atoms with Gasteiger partial charge in [0.25, 0.3) is 0 Å². The highest BCUT2D eigenvalue weighted by molar-refractivity contribution is 6.30. The fourth-order valence-electron chi connectivity index (χ4n) is 2.31. The lowest BCUT2D eigenvalue weighted by atomic mass is 10.0. The largest absolute Gasteiger partial charge is 0.481 e. The van der Waals surface area contributed by atoms with Gasteiger partial charge in [-0.3, -0.25) is 9.59 Å². The van der Waals surface area contributed by atoms with E-state index in [-0.39, 0.29) is 11.8 Å².